The van der Waals surface area contributed by atoms with Crippen LogP contribution < -0.4 is 0 Å². The van der Waals surface area contributed by atoms with Gasteiger partial charge in [0.05, 0.1) is 6.04 Å². The molecule has 0 radical (unpaired) electrons. The Morgan fingerprint density at radius 2 is 1.75 bits per heavy atom. The van der Waals surface area contributed by atoms with Gasteiger partial charge in [-0.2, -0.15) is 0 Å². The summed E-state index contributed by atoms with van der Waals surface area (Å²) in [4.78, 5) is 24.6. The molecule has 16 heavy (non-hydrogen) atoms. The summed E-state index contributed by atoms with van der Waals surface area (Å²) < 4.78 is 0. The highest BCUT2D eigenvalue weighted by Crippen LogP contribution is 2.48. The molecule has 2 heterocycles. The van der Waals surface area contributed by atoms with Crippen LogP contribution in [0.3, 0.4) is 0 Å². The lowest BCUT2D eigenvalue weighted by molar-refractivity contribution is -0.156. The molecule has 3 rings (SSSR count). The van der Waals surface area contributed by atoms with Gasteiger partial charge in [-0.25, -0.2) is 0 Å². The Bertz CT molecular complexity index is 288. The summed E-state index contributed by atoms with van der Waals surface area (Å²) in [6, 6.07) is -0.132. The molecular weight excluding hydrogens is 202 g/mol. The van der Waals surface area contributed by atoms with Crippen LogP contribution in [0.1, 0.15) is 41.0 Å². The fraction of sp³-hybridized carbons (Fsp3) is 0.846. The Balaban J connectivity index is 0.000000606. The normalized spacial score (nSPS) is 35.7. The molecule has 92 valence electrons. The van der Waals surface area contributed by atoms with E-state index >= 15 is 0 Å². The lowest BCUT2D eigenvalue weighted by atomic mass is 9.58. The Labute approximate surface area is 98.2 Å². The second-order valence-electron chi connectivity index (χ2n) is 4.75. The highest BCUT2D eigenvalue weighted by molar-refractivity contribution is 5.87. The lowest BCUT2D eigenvalue weighted by Crippen LogP contribution is -2.63. The van der Waals surface area contributed by atoms with Crippen LogP contribution in [0.5, 0.6) is 0 Å². The number of hydrogen-bond donors (Lipinski definition) is 0. The highest BCUT2D eigenvalue weighted by atomic mass is 16.2. The molecule has 0 aromatic carbocycles. The number of amides is 1. The molecule has 2 aliphatic heterocycles. The van der Waals surface area contributed by atoms with E-state index in [9.17, 15) is 9.59 Å². The van der Waals surface area contributed by atoms with E-state index in [1.807, 2.05) is 13.8 Å². The van der Waals surface area contributed by atoms with E-state index in [2.05, 4.69) is 6.92 Å². The summed E-state index contributed by atoms with van der Waals surface area (Å²) in [7, 11) is 0. The van der Waals surface area contributed by atoms with Gasteiger partial charge in [-0.1, -0.05) is 20.8 Å². The molecule has 3 nitrogen and oxygen atoms in total. The number of hydrogen-bond acceptors (Lipinski definition) is 2. The van der Waals surface area contributed by atoms with Crippen LogP contribution in [0, 0.1) is 17.8 Å². The quantitative estimate of drug-likeness (QED) is 0.685. The maximum atomic E-state index is 11.5. The van der Waals surface area contributed by atoms with Crippen molar-refractivity contribution in [2.75, 3.05) is 6.54 Å². The zero-order chi connectivity index (χ0) is 12.5. The number of nitrogens with zero attached hydrogens (tertiary/aromatic N) is 1. The predicted molar refractivity (Wildman–Crippen MR) is 64.0 cm³/mol. The summed E-state index contributed by atoms with van der Waals surface area (Å²) in [5.41, 5.74) is 0. The Morgan fingerprint density at radius 3 is 2.12 bits per heavy atom. The third-order valence-corrected chi connectivity index (χ3v) is 3.99. The largest absolute Gasteiger partial charge is 0.332 e. The summed E-state index contributed by atoms with van der Waals surface area (Å²) in [5.74, 6) is 1.89. The average Bonchev–Trinajstić information content (AvgIpc) is 2.29. The van der Waals surface area contributed by atoms with Crippen molar-refractivity contribution >= 4 is 11.7 Å². The van der Waals surface area contributed by atoms with Crippen molar-refractivity contribution in [2.24, 2.45) is 17.8 Å². The van der Waals surface area contributed by atoms with Gasteiger partial charge in [0.15, 0.2) is 5.78 Å². The number of piperidine rings is 2. The van der Waals surface area contributed by atoms with E-state index in [4.69, 9.17) is 0 Å². The minimum atomic E-state index is -0.132. The molecule has 4 unspecified atom stereocenters. The molecule has 3 fully saturated rings. The molecule has 0 aromatic heterocycles. The number of rotatable bonds is 1. The molecule has 4 atom stereocenters. The number of fused-ring (bicyclic) bond motifs is 2. The molecule has 0 aromatic rings. The summed E-state index contributed by atoms with van der Waals surface area (Å²) in [6.45, 7) is 10.2. The van der Waals surface area contributed by atoms with Crippen LogP contribution in [0.2, 0.25) is 0 Å². The summed E-state index contributed by atoms with van der Waals surface area (Å²) >= 11 is 0. The number of ketones is 1. The van der Waals surface area contributed by atoms with Crippen molar-refractivity contribution in [3.8, 4) is 0 Å². The summed E-state index contributed by atoms with van der Waals surface area (Å²) in [6.07, 6.45) is 1.13. The predicted octanol–water partition coefficient (Wildman–Crippen LogP) is 2.10. The number of Topliss-reactive ketones (excluding diaryl/α,β-unsaturated/α-hetero) is 1. The molecule has 2 bridgehead atoms. The maximum absolute atomic E-state index is 11.5. The topological polar surface area (TPSA) is 37.4 Å². The van der Waals surface area contributed by atoms with Gasteiger partial charge in [-0.3, -0.25) is 9.59 Å². The molecule has 1 amide bonds. The van der Waals surface area contributed by atoms with Crippen LogP contribution in [0.25, 0.3) is 0 Å². The van der Waals surface area contributed by atoms with Crippen molar-refractivity contribution in [2.45, 2.75) is 47.1 Å². The van der Waals surface area contributed by atoms with Gasteiger partial charge in [0, 0.05) is 13.5 Å². The van der Waals surface area contributed by atoms with Crippen molar-refractivity contribution in [1.82, 2.24) is 4.90 Å². The highest BCUT2D eigenvalue weighted by Gasteiger charge is 2.52. The molecule has 0 N–H and O–H groups in total. The molecule has 3 heteroatoms. The second-order valence-corrected chi connectivity index (χ2v) is 4.75. The Kier molecular flexibility index (Phi) is 4.11. The zero-order valence-corrected chi connectivity index (χ0v) is 11.0. The van der Waals surface area contributed by atoms with Crippen molar-refractivity contribution in [3.63, 3.8) is 0 Å². The van der Waals surface area contributed by atoms with Crippen molar-refractivity contribution < 1.29 is 9.59 Å². The third-order valence-electron chi connectivity index (χ3n) is 3.99. The first-order valence-corrected chi connectivity index (χ1v) is 6.30. The summed E-state index contributed by atoms with van der Waals surface area (Å²) in [5, 5.41) is 0. The van der Waals surface area contributed by atoms with E-state index in [0.717, 1.165) is 13.0 Å². The smallest absolute Gasteiger partial charge is 0.220 e. The van der Waals surface area contributed by atoms with Gasteiger partial charge in [-0.15, -0.1) is 0 Å². The van der Waals surface area contributed by atoms with Crippen LogP contribution in [0.15, 0.2) is 0 Å². The zero-order valence-electron chi connectivity index (χ0n) is 11.0. The van der Waals surface area contributed by atoms with Gasteiger partial charge >= 0.3 is 0 Å². The van der Waals surface area contributed by atoms with Crippen molar-refractivity contribution in [1.29, 1.82) is 0 Å². The third kappa shape index (κ3) is 2.00. The van der Waals surface area contributed by atoms with Gasteiger partial charge in [0.25, 0.3) is 0 Å². The fourth-order valence-corrected chi connectivity index (χ4v) is 3.03. The maximum Gasteiger partial charge on any atom is 0.220 e. The first kappa shape index (κ1) is 13.2. The van der Waals surface area contributed by atoms with Crippen LogP contribution in [0.4, 0.5) is 0 Å². The average molecular weight is 225 g/mol. The second kappa shape index (κ2) is 4.98. The van der Waals surface area contributed by atoms with Crippen molar-refractivity contribution in [3.05, 3.63) is 0 Å². The minimum Gasteiger partial charge on any atom is -0.332 e. The number of carbonyl (C=O) groups is 2. The van der Waals surface area contributed by atoms with Crippen LogP contribution in [-0.4, -0.2) is 29.2 Å². The van der Waals surface area contributed by atoms with E-state index < -0.39 is 0 Å². The van der Waals surface area contributed by atoms with E-state index in [1.165, 1.54) is 0 Å². The van der Waals surface area contributed by atoms with Gasteiger partial charge in [0.1, 0.15) is 0 Å². The molecule has 1 aliphatic carbocycles. The van der Waals surface area contributed by atoms with Crippen LogP contribution in [-0.2, 0) is 9.59 Å². The van der Waals surface area contributed by atoms with E-state index in [1.54, 1.807) is 18.7 Å². The Morgan fingerprint density at radius 1 is 1.19 bits per heavy atom. The van der Waals surface area contributed by atoms with E-state index in [-0.39, 0.29) is 17.7 Å². The SMILES string of the molecule is CC.CC(=O)C1C2CC(CN1C(C)=O)C2C. The Hall–Kier alpha value is -0.860. The van der Waals surface area contributed by atoms with Gasteiger partial charge in [0.2, 0.25) is 5.91 Å². The molecule has 1 saturated carbocycles. The first-order chi connectivity index (χ1) is 7.52. The van der Waals surface area contributed by atoms with E-state index in [0.29, 0.717) is 17.8 Å². The fourth-order valence-electron chi connectivity index (χ4n) is 3.03. The molecule has 3 aliphatic rings. The minimum absolute atomic E-state index is 0.0480. The number of carbonyl (C=O) groups excluding carboxylic acids is 2. The molecule has 0 spiro atoms. The first-order valence-electron chi connectivity index (χ1n) is 6.30. The van der Waals surface area contributed by atoms with Gasteiger partial charge in [-0.05, 0) is 31.1 Å². The lowest BCUT2D eigenvalue weighted by Gasteiger charge is -2.56. The van der Waals surface area contributed by atoms with Crippen LogP contribution >= 0.6 is 0 Å². The molecular formula is C13H23NO2. The standard InChI is InChI=1S/C11H17NO2.C2H6/c1-6-9-4-10(6)11(7(2)13)12(5-9)8(3)14;1-2/h6,9-11H,4-5H2,1-3H3;1-2H3. The molecule has 2 saturated heterocycles. The monoisotopic (exact) mass is 225 g/mol. The van der Waals surface area contributed by atoms with Gasteiger partial charge < -0.3 is 4.90 Å².